The zero-order valence-electron chi connectivity index (χ0n) is 10.8. The largest absolute Gasteiger partial charge is 0.504 e. The quantitative estimate of drug-likeness (QED) is 0.829. The Kier molecular flexibility index (Phi) is 5.78. The van der Waals surface area contributed by atoms with Crippen LogP contribution in [0.4, 0.5) is 0 Å². The number of benzene rings is 1. The molecule has 1 aromatic rings. The Labute approximate surface area is 112 Å². The Morgan fingerprint density at radius 3 is 2.89 bits per heavy atom. The van der Waals surface area contributed by atoms with Crippen molar-refractivity contribution in [3.05, 3.63) is 29.8 Å². The highest BCUT2D eigenvalue weighted by Gasteiger charge is 2.05. The van der Waals surface area contributed by atoms with Crippen LogP contribution in [0.25, 0.3) is 6.08 Å². The van der Waals surface area contributed by atoms with Crippen LogP contribution < -0.4 is 4.74 Å². The molecule has 0 aliphatic heterocycles. The van der Waals surface area contributed by atoms with E-state index in [0.717, 1.165) is 12.0 Å². The number of phenols is 1. The molecule has 0 radical (unpaired) electrons. The fourth-order valence-corrected chi connectivity index (χ4v) is 1.99. The first-order chi connectivity index (χ1) is 8.56. The van der Waals surface area contributed by atoms with Gasteiger partial charge in [0.2, 0.25) is 5.12 Å². The van der Waals surface area contributed by atoms with E-state index in [9.17, 15) is 9.90 Å². The molecule has 3 nitrogen and oxygen atoms in total. The minimum Gasteiger partial charge on any atom is -0.504 e. The molecule has 4 heteroatoms. The van der Waals surface area contributed by atoms with Crippen molar-refractivity contribution < 1.29 is 14.6 Å². The summed E-state index contributed by atoms with van der Waals surface area (Å²) in [6.07, 6.45) is 4.24. The molecule has 0 aliphatic rings. The van der Waals surface area contributed by atoms with E-state index >= 15 is 0 Å². The Bertz CT molecular complexity index is 441. The molecule has 0 aliphatic carbocycles. The molecule has 1 unspecified atom stereocenters. The van der Waals surface area contributed by atoms with Crippen LogP contribution in [0.15, 0.2) is 24.3 Å². The second-order valence-corrected chi connectivity index (χ2v) is 5.36. The van der Waals surface area contributed by atoms with Gasteiger partial charge >= 0.3 is 0 Å². The number of carbonyl (C=O) groups excluding carboxylic acids is 1. The summed E-state index contributed by atoms with van der Waals surface area (Å²) in [4.78, 5) is 11.6. The van der Waals surface area contributed by atoms with E-state index in [1.54, 1.807) is 30.4 Å². The maximum atomic E-state index is 11.6. The van der Waals surface area contributed by atoms with Crippen LogP contribution in [0.2, 0.25) is 0 Å². The van der Waals surface area contributed by atoms with Crippen LogP contribution in [0, 0.1) is 0 Å². The van der Waals surface area contributed by atoms with E-state index in [1.165, 1.54) is 18.9 Å². The number of carbonyl (C=O) groups is 1. The zero-order valence-corrected chi connectivity index (χ0v) is 11.7. The molecule has 0 bridgehead atoms. The highest BCUT2D eigenvalue weighted by Crippen LogP contribution is 2.27. The summed E-state index contributed by atoms with van der Waals surface area (Å²) in [5.74, 6) is 0.495. The molecule has 1 N–H and O–H groups in total. The second-order valence-electron chi connectivity index (χ2n) is 3.92. The summed E-state index contributed by atoms with van der Waals surface area (Å²) >= 11 is 1.33. The molecule has 0 saturated heterocycles. The zero-order chi connectivity index (χ0) is 13.5. The second kappa shape index (κ2) is 7.11. The number of methoxy groups -OCH3 is 1. The van der Waals surface area contributed by atoms with Gasteiger partial charge < -0.3 is 9.84 Å². The monoisotopic (exact) mass is 266 g/mol. The molecule has 0 spiro atoms. The predicted octanol–water partition coefficient (Wildman–Crippen LogP) is 3.47. The van der Waals surface area contributed by atoms with Gasteiger partial charge in [-0.25, -0.2) is 0 Å². The number of aromatic hydroxyl groups is 1. The predicted molar refractivity (Wildman–Crippen MR) is 76.0 cm³/mol. The molecular weight excluding hydrogens is 248 g/mol. The van der Waals surface area contributed by atoms with Crippen LogP contribution in [0.3, 0.4) is 0 Å². The minimum atomic E-state index is 0.0383. The molecule has 0 aromatic heterocycles. The van der Waals surface area contributed by atoms with Gasteiger partial charge in [-0.05, 0) is 30.2 Å². The third-order valence-electron chi connectivity index (χ3n) is 2.51. The fraction of sp³-hybridized carbons (Fsp3) is 0.357. The summed E-state index contributed by atoms with van der Waals surface area (Å²) in [5, 5.41) is 9.81. The topological polar surface area (TPSA) is 46.5 Å². The van der Waals surface area contributed by atoms with Gasteiger partial charge in [0.25, 0.3) is 0 Å². The highest BCUT2D eigenvalue weighted by atomic mass is 32.2. The lowest BCUT2D eigenvalue weighted by Gasteiger charge is -2.04. The van der Waals surface area contributed by atoms with Gasteiger partial charge in [-0.2, -0.15) is 0 Å². The molecule has 98 valence electrons. The van der Waals surface area contributed by atoms with Crippen LogP contribution in [0.5, 0.6) is 11.5 Å². The summed E-state index contributed by atoms with van der Waals surface area (Å²) in [7, 11) is 1.49. The number of hydrogen-bond donors (Lipinski definition) is 1. The van der Waals surface area contributed by atoms with Crippen LogP contribution in [0.1, 0.15) is 25.8 Å². The third-order valence-corrected chi connectivity index (χ3v) is 3.61. The summed E-state index contributed by atoms with van der Waals surface area (Å²) in [6.45, 7) is 4.08. The Morgan fingerprint density at radius 1 is 1.56 bits per heavy atom. The summed E-state index contributed by atoms with van der Waals surface area (Å²) in [5.41, 5.74) is 0.822. The van der Waals surface area contributed by atoms with Gasteiger partial charge in [-0.1, -0.05) is 37.8 Å². The Morgan fingerprint density at radius 2 is 2.28 bits per heavy atom. The van der Waals surface area contributed by atoms with Crippen molar-refractivity contribution in [1.82, 2.24) is 0 Å². The van der Waals surface area contributed by atoms with Crippen LogP contribution >= 0.6 is 11.8 Å². The van der Waals surface area contributed by atoms with Crippen molar-refractivity contribution in [3.8, 4) is 11.5 Å². The van der Waals surface area contributed by atoms with Crippen molar-refractivity contribution in [1.29, 1.82) is 0 Å². The number of ether oxygens (including phenoxy) is 1. The average molecular weight is 266 g/mol. The molecule has 0 amide bonds. The normalized spacial score (nSPS) is 12.6. The Hall–Kier alpha value is -1.42. The number of phenolic OH excluding ortho intramolecular Hbond substituents is 1. The van der Waals surface area contributed by atoms with E-state index in [1.807, 2.05) is 6.92 Å². The summed E-state index contributed by atoms with van der Waals surface area (Å²) in [6, 6.07) is 4.97. The molecule has 0 fully saturated rings. The van der Waals surface area contributed by atoms with E-state index in [4.69, 9.17) is 4.74 Å². The maximum absolute atomic E-state index is 11.6. The first kappa shape index (κ1) is 14.6. The number of rotatable bonds is 5. The Balaban J connectivity index is 2.69. The number of thioether (sulfide) groups is 1. The fourth-order valence-electron chi connectivity index (χ4n) is 1.28. The first-order valence-electron chi connectivity index (χ1n) is 5.82. The van der Waals surface area contributed by atoms with E-state index in [-0.39, 0.29) is 10.9 Å². The van der Waals surface area contributed by atoms with Crippen molar-refractivity contribution in [2.24, 2.45) is 0 Å². The third kappa shape index (κ3) is 4.45. The molecule has 18 heavy (non-hydrogen) atoms. The van der Waals surface area contributed by atoms with E-state index in [0.29, 0.717) is 11.0 Å². The molecular formula is C14H18O3S. The molecule has 0 saturated carbocycles. The van der Waals surface area contributed by atoms with Crippen LogP contribution in [-0.2, 0) is 4.79 Å². The van der Waals surface area contributed by atoms with Gasteiger partial charge in [0, 0.05) is 5.25 Å². The van der Waals surface area contributed by atoms with Gasteiger partial charge in [0.1, 0.15) is 0 Å². The molecule has 0 heterocycles. The van der Waals surface area contributed by atoms with Crippen LogP contribution in [-0.4, -0.2) is 22.6 Å². The lowest BCUT2D eigenvalue weighted by atomic mass is 10.2. The molecule has 1 atom stereocenters. The first-order valence-corrected chi connectivity index (χ1v) is 6.70. The lowest BCUT2D eigenvalue weighted by Crippen LogP contribution is -1.97. The van der Waals surface area contributed by atoms with Gasteiger partial charge in [-0.3, -0.25) is 4.79 Å². The lowest BCUT2D eigenvalue weighted by molar-refractivity contribution is -0.107. The SMILES string of the molecule is CCC(C)SC(=O)/C=C/c1ccc(O)c(OC)c1. The maximum Gasteiger partial charge on any atom is 0.212 e. The van der Waals surface area contributed by atoms with Gasteiger partial charge in [-0.15, -0.1) is 0 Å². The van der Waals surface area contributed by atoms with Gasteiger partial charge in [0.05, 0.1) is 7.11 Å². The van der Waals surface area contributed by atoms with E-state index < -0.39 is 0 Å². The standard InChI is InChI=1S/C14H18O3S/c1-4-10(2)18-14(16)8-6-11-5-7-12(15)13(9-11)17-3/h5-10,15H,4H2,1-3H3/b8-6+. The highest BCUT2D eigenvalue weighted by molar-refractivity contribution is 8.14. The van der Waals surface area contributed by atoms with Gasteiger partial charge in [0.15, 0.2) is 11.5 Å². The van der Waals surface area contributed by atoms with Crippen molar-refractivity contribution in [2.75, 3.05) is 7.11 Å². The average Bonchev–Trinajstić information content (AvgIpc) is 2.37. The van der Waals surface area contributed by atoms with Crippen molar-refractivity contribution >= 4 is 23.0 Å². The molecule has 1 aromatic carbocycles. The molecule has 1 rings (SSSR count). The smallest absolute Gasteiger partial charge is 0.212 e. The number of hydrogen-bond acceptors (Lipinski definition) is 4. The van der Waals surface area contributed by atoms with Crippen molar-refractivity contribution in [3.63, 3.8) is 0 Å². The van der Waals surface area contributed by atoms with Crippen molar-refractivity contribution in [2.45, 2.75) is 25.5 Å². The minimum absolute atomic E-state index is 0.0383. The van der Waals surface area contributed by atoms with E-state index in [2.05, 4.69) is 6.92 Å². The summed E-state index contributed by atoms with van der Waals surface area (Å²) < 4.78 is 5.00.